The van der Waals surface area contributed by atoms with Gasteiger partial charge in [0, 0.05) is 50.2 Å². The van der Waals surface area contributed by atoms with E-state index >= 15 is 0 Å². The third-order valence-electron chi connectivity index (χ3n) is 6.66. The lowest BCUT2D eigenvalue weighted by Gasteiger charge is -2.36. The van der Waals surface area contributed by atoms with Crippen molar-refractivity contribution in [1.82, 2.24) is 30.3 Å². The van der Waals surface area contributed by atoms with Gasteiger partial charge in [0.15, 0.2) is 5.82 Å². The molecule has 3 aromatic heterocycles. The number of piperazine rings is 1. The van der Waals surface area contributed by atoms with Crippen molar-refractivity contribution in [3.05, 3.63) is 47.9 Å². The highest BCUT2D eigenvalue weighted by molar-refractivity contribution is 5.72. The lowest BCUT2D eigenvalue weighted by atomic mass is 10.0. The van der Waals surface area contributed by atoms with Crippen molar-refractivity contribution in [2.24, 2.45) is 5.92 Å². The largest absolute Gasteiger partial charge is 0.506 e. The molecule has 2 atom stereocenters. The number of nitrogens with zero attached hydrogens (tertiary/aromatic N) is 6. The van der Waals surface area contributed by atoms with Crippen LogP contribution in [0.1, 0.15) is 50.5 Å². The number of hydrogen-bond acceptors (Lipinski definition) is 8. The molecule has 35 heavy (non-hydrogen) atoms. The Hall–Kier alpha value is -3.30. The molecule has 0 saturated carbocycles. The fraction of sp³-hybridized carbons (Fsp3) is 0.462. The molecule has 9 nitrogen and oxygen atoms in total. The first-order chi connectivity index (χ1) is 17.1. The Bertz CT molecular complexity index is 1150. The van der Waals surface area contributed by atoms with Gasteiger partial charge in [0.2, 0.25) is 0 Å². The molecule has 9 heteroatoms. The van der Waals surface area contributed by atoms with E-state index in [0.29, 0.717) is 23.3 Å². The normalized spacial score (nSPS) is 21.2. The summed E-state index contributed by atoms with van der Waals surface area (Å²) in [5.74, 6) is 1.47. The standard InChI is InChI=1S/C26H33N7O2/c1-18(2)22-17-32(11-10-27-22)24-9-8-21(30-31-24)26-23(34)13-19(14-28-26)6-7-20-15-29-33(16-20)25-5-3-4-12-35-25/h6-9,13-16,18,22,25,27,34H,3-5,10-12,17H2,1-2H3/b7-6+. The summed E-state index contributed by atoms with van der Waals surface area (Å²) in [6.07, 6.45) is 12.7. The first-order valence-corrected chi connectivity index (χ1v) is 12.4. The fourth-order valence-electron chi connectivity index (χ4n) is 4.53. The zero-order chi connectivity index (χ0) is 24.2. The van der Waals surface area contributed by atoms with Crippen molar-refractivity contribution in [3.8, 4) is 17.1 Å². The van der Waals surface area contributed by atoms with Crippen LogP contribution in [0.2, 0.25) is 0 Å². The van der Waals surface area contributed by atoms with Crippen molar-refractivity contribution in [3.63, 3.8) is 0 Å². The molecule has 2 fully saturated rings. The molecule has 3 aromatic rings. The topological polar surface area (TPSA) is 101 Å². The monoisotopic (exact) mass is 475 g/mol. The Morgan fingerprint density at radius 1 is 1.14 bits per heavy atom. The summed E-state index contributed by atoms with van der Waals surface area (Å²) in [5, 5.41) is 27.4. The van der Waals surface area contributed by atoms with E-state index in [1.165, 1.54) is 0 Å². The average molecular weight is 476 g/mol. The fourth-order valence-corrected chi connectivity index (χ4v) is 4.53. The molecule has 0 aromatic carbocycles. The summed E-state index contributed by atoms with van der Waals surface area (Å²) in [4.78, 5) is 6.70. The number of pyridine rings is 1. The van der Waals surface area contributed by atoms with E-state index in [1.807, 2.05) is 41.4 Å². The number of nitrogens with one attached hydrogen (secondary N) is 1. The molecule has 184 valence electrons. The SMILES string of the molecule is CC(C)C1CN(c2ccc(-c3ncc(/C=C/c4cnn(C5CCCCO5)c4)cc3O)nn2)CCN1. The van der Waals surface area contributed by atoms with Crippen molar-refractivity contribution >= 4 is 18.0 Å². The van der Waals surface area contributed by atoms with Gasteiger partial charge in [-0.25, -0.2) is 9.67 Å². The molecule has 5 heterocycles. The summed E-state index contributed by atoms with van der Waals surface area (Å²) in [6, 6.07) is 5.94. The number of hydrogen-bond donors (Lipinski definition) is 2. The molecule has 5 rings (SSSR count). The van der Waals surface area contributed by atoms with Gasteiger partial charge in [-0.3, -0.25) is 0 Å². The predicted molar refractivity (Wildman–Crippen MR) is 136 cm³/mol. The third-order valence-corrected chi connectivity index (χ3v) is 6.66. The molecular formula is C26H33N7O2. The molecular weight excluding hydrogens is 442 g/mol. The maximum atomic E-state index is 10.6. The summed E-state index contributed by atoms with van der Waals surface area (Å²) < 4.78 is 7.66. The maximum Gasteiger partial charge on any atom is 0.151 e. The Kier molecular flexibility index (Phi) is 7.06. The second-order valence-corrected chi connectivity index (χ2v) is 9.57. The van der Waals surface area contributed by atoms with E-state index in [9.17, 15) is 5.11 Å². The Balaban J connectivity index is 1.25. The van der Waals surface area contributed by atoms with Gasteiger partial charge in [-0.15, -0.1) is 10.2 Å². The van der Waals surface area contributed by atoms with E-state index in [1.54, 1.807) is 12.3 Å². The summed E-state index contributed by atoms with van der Waals surface area (Å²) in [5.41, 5.74) is 2.73. The van der Waals surface area contributed by atoms with E-state index in [2.05, 4.69) is 44.3 Å². The van der Waals surface area contributed by atoms with Crippen LogP contribution in [0.15, 0.2) is 36.8 Å². The second kappa shape index (κ2) is 10.5. The van der Waals surface area contributed by atoms with Crippen LogP contribution in [0.25, 0.3) is 23.5 Å². The van der Waals surface area contributed by atoms with E-state index < -0.39 is 0 Å². The van der Waals surface area contributed by atoms with Crippen LogP contribution in [-0.4, -0.2) is 62.4 Å². The lowest BCUT2D eigenvalue weighted by molar-refractivity contribution is -0.0394. The molecule has 2 aliphatic heterocycles. The third kappa shape index (κ3) is 5.52. The zero-order valence-electron chi connectivity index (χ0n) is 20.3. The van der Waals surface area contributed by atoms with Crippen LogP contribution in [0.3, 0.4) is 0 Å². The van der Waals surface area contributed by atoms with Crippen LogP contribution in [-0.2, 0) is 4.74 Å². The number of aromatic hydroxyl groups is 1. The van der Waals surface area contributed by atoms with Crippen molar-refractivity contribution in [2.45, 2.75) is 45.4 Å². The van der Waals surface area contributed by atoms with Gasteiger partial charge in [0.25, 0.3) is 0 Å². The van der Waals surface area contributed by atoms with Crippen LogP contribution < -0.4 is 10.2 Å². The molecule has 2 saturated heterocycles. The molecule has 2 N–H and O–H groups in total. The molecule has 0 radical (unpaired) electrons. The summed E-state index contributed by atoms with van der Waals surface area (Å²) in [7, 11) is 0. The van der Waals surface area contributed by atoms with Crippen molar-refractivity contribution < 1.29 is 9.84 Å². The van der Waals surface area contributed by atoms with Gasteiger partial charge in [-0.05, 0) is 48.9 Å². The van der Waals surface area contributed by atoms with Gasteiger partial charge in [0.1, 0.15) is 23.4 Å². The van der Waals surface area contributed by atoms with Crippen LogP contribution in [0.5, 0.6) is 5.75 Å². The lowest BCUT2D eigenvalue weighted by Crippen LogP contribution is -2.53. The highest BCUT2D eigenvalue weighted by Crippen LogP contribution is 2.28. The van der Waals surface area contributed by atoms with Crippen LogP contribution in [0, 0.1) is 5.92 Å². The minimum absolute atomic E-state index is 0.0200. The molecule has 2 aliphatic rings. The second-order valence-electron chi connectivity index (χ2n) is 9.57. The van der Waals surface area contributed by atoms with Gasteiger partial charge < -0.3 is 20.1 Å². The number of ether oxygens (including phenoxy) is 1. The first-order valence-electron chi connectivity index (χ1n) is 12.4. The van der Waals surface area contributed by atoms with E-state index in [0.717, 1.165) is 62.4 Å². The van der Waals surface area contributed by atoms with Gasteiger partial charge in [0.05, 0.1) is 6.20 Å². The van der Waals surface area contributed by atoms with Crippen molar-refractivity contribution in [2.75, 3.05) is 31.1 Å². The zero-order valence-corrected chi connectivity index (χ0v) is 20.3. The average Bonchev–Trinajstić information content (AvgIpc) is 3.37. The highest BCUT2D eigenvalue weighted by atomic mass is 16.5. The first kappa shape index (κ1) is 23.4. The molecule has 0 spiro atoms. The van der Waals surface area contributed by atoms with Gasteiger partial charge >= 0.3 is 0 Å². The minimum atomic E-state index is 0.0200. The molecule has 0 amide bonds. The van der Waals surface area contributed by atoms with E-state index in [-0.39, 0.29) is 12.0 Å². The number of aromatic nitrogens is 5. The van der Waals surface area contributed by atoms with Gasteiger partial charge in [-0.2, -0.15) is 5.10 Å². The summed E-state index contributed by atoms with van der Waals surface area (Å²) >= 11 is 0. The van der Waals surface area contributed by atoms with E-state index in [4.69, 9.17) is 4.74 Å². The maximum absolute atomic E-state index is 10.6. The van der Waals surface area contributed by atoms with Crippen molar-refractivity contribution in [1.29, 1.82) is 0 Å². The summed E-state index contributed by atoms with van der Waals surface area (Å²) in [6.45, 7) is 7.97. The van der Waals surface area contributed by atoms with Crippen LogP contribution in [0.4, 0.5) is 5.82 Å². The predicted octanol–water partition coefficient (Wildman–Crippen LogP) is 3.74. The molecule has 0 bridgehead atoms. The number of anilines is 1. The minimum Gasteiger partial charge on any atom is -0.506 e. The van der Waals surface area contributed by atoms with Crippen LogP contribution >= 0.6 is 0 Å². The Morgan fingerprint density at radius 3 is 2.77 bits per heavy atom. The smallest absolute Gasteiger partial charge is 0.151 e. The number of rotatable bonds is 6. The molecule has 0 aliphatic carbocycles. The molecule has 2 unspecified atom stereocenters. The quantitative estimate of drug-likeness (QED) is 0.556. The van der Waals surface area contributed by atoms with Gasteiger partial charge in [-0.1, -0.05) is 26.0 Å². The highest BCUT2D eigenvalue weighted by Gasteiger charge is 2.23. The Labute approximate surface area is 205 Å². The Morgan fingerprint density at radius 2 is 2.03 bits per heavy atom.